The summed E-state index contributed by atoms with van der Waals surface area (Å²) in [5.41, 5.74) is 4.36. The number of fused-ring (bicyclic) bond motifs is 1. The highest BCUT2D eigenvalue weighted by Crippen LogP contribution is 2.25. The van der Waals surface area contributed by atoms with Gasteiger partial charge in [-0.3, -0.25) is 0 Å². The van der Waals surface area contributed by atoms with Crippen molar-refractivity contribution in [2.45, 2.75) is 57.5 Å². The Labute approximate surface area is 128 Å². The molecule has 0 amide bonds. The second-order valence-electron chi connectivity index (χ2n) is 6.55. The van der Waals surface area contributed by atoms with Crippen LogP contribution in [0.15, 0.2) is 18.2 Å². The highest BCUT2D eigenvalue weighted by molar-refractivity contribution is 7.91. The largest absolute Gasteiger partial charge is 0.307 e. The molecule has 3 nitrogen and oxygen atoms in total. The highest BCUT2D eigenvalue weighted by atomic mass is 32.2. The molecule has 116 valence electrons. The summed E-state index contributed by atoms with van der Waals surface area (Å²) >= 11 is 0. The minimum absolute atomic E-state index is 0.294. The molecule has 4 heteroatoms. The minimum Gasteiger partial charge on any atom is -0.307 e. The molecule has 1 saturated heterocycles. The predicted octanol–water partition coefficient (Wildman–Crippen LogP) is 2.79. The first-order valence-electron chi connectivity index (χ1n) is 8.12. The molecule has 0 bridgehead atoms. The summed E-state index contributed by atoms with van der Waals surface area (Å²) in [7, 11) is -2.77. The molecule has 1 heterocycles. The van der Waals surface area contributed by atoms with Crippen LogP contribution in [0.3, 0.4) is 0 Å². The van der Waals surface area contributed by atoms with Crippen molar-refractivity contribution in [2.24, 2.45) is 0 Å². The Kier molecular flexibility index (Phi) is 4.36. The Balaban J connectivity index is 1.64. The van der Waals surface area contributed by atoms with Crippen molar-refractivity contribution in [1.29, 1.82) is 0 Å². The van der Waals surface area contributed by atoms with E-state index < -0.39 is 9.84 Å². The van der Waals surface area contributed by atoms with Gasteiger partial charge in [0.1, 0.15) is 9.84 Å². The van der Waals surface area contributed by atoms with Crippen LogP contribution in [0.2, 0.25) is 0 Å². The van der Waals surface area contributed by atoms with Gasteiger partial charge in [-0.2, -0.15) is 0 Å². The number of sulfone groups is 1. The molecule has 21 heavy (non-hydrogen) atoms. The molecule has 1 aromatic carbocycles. The van der Waals surface area contributed by atoms with Crippen LogP contribution >= 0.6 is 0 Å². The molecule has 2 aliphatic rings. The second-order valence-corrected chi connectivity index (χ2v) is 8.85. The normalized spacial score (nSPS) is 23.5. The van der Waals surface area contributed by atoms with E-state index in [0.29, 0.717) is 23.6 Å². The molecule has 3 rings (SSSR count). The van der Waals surface area contributed by atoms with Gasteiger partial charge in [-0.1, -0.05) is 18.2 Å². The molecule has 0 saturated carbocycles. The van der Waals surface area contributed by atoms with Crippen molar-refractivity contribution in [3.63, 3.8) is 0 Å². The topological polar surface area (TPSA) is 46.2 Å². The first-order valence-corrected chi connectivity index (χ1v) is 9.94. The van der Waals surface area contributed by atoms with Gasteiger partial charge in [0.15, 0.2) is 0 Å². The van der Waals surface area contributed by atoms with Gasteiger partial charge in [0.05, 0.1) is 11.5 Å². The second kappa shape index (κ2) is 6.09. The third kappa shape index (κ3) is 3.67. The first-order chi connectivity index (χ1) is 10.0. The van der Waals surface area contributed by atoms with E-state index in [-0.39, 0.29) is 0 Å². The zero-order valence-corrected chi connectivity index (χ0v) is 13.6. The van der Waals surface area contributed by atoms with Gasteiger partial charge < -0.3 is 5.32 Å². The quantitative estimate of drug-likeness (QED) is 0.934. The summed E-state index contributed by atoms with van der Waals surface area (Å²) in [5.74, 6) is 0.670. The SMILES string of the molecule is CC(NC1CCS(=O)(=O)CC1)c1ccc2c(c1)CCCC2. The summed E-state index contributed by atoms with van der Waals surface area (Å²) in [4.78, 5) is 0. The summed E-state index contributed by atoms with van der Waals surface area (Å²) in [6.07, 6.45) is 6.54. The van der Waals surface area contributed by atoms with E-state index in [1.54, 1.807) is 0 Å². The molecule has 1 unspecified atom stereocenters. The fraction of sp³-hybridized carbons (Fsp3) is 0.647. The Hall–Kier alpha value is -0.870. The number of hydrogen-bond acceptors (Lipinski definition) is 3. The molecule has 1 aromatic rings. The van der Waals surface area contributed by atoms with Gasteiger partial charge in [0.2, 0.25) is 0 Å². The maximum Gasteiger partial charge on any atom is 0.150 e. The lowest BCUT2D eigenvalue weighted by Crippen LogP contribution is -2.38. The van der Waals surface area contributed by atoms with Crippen LogP contribution < -0.4 is 5.32 Å². The van der Waals surface area contributed by atoms with Crippen LogP contribution in [0.25, 0.3) is 0 Å². The molecule has 1 fully saturated rings. The molecular weight excluding hydrogens is 282 g/mol. The summed E-state index contributed by atoms with van der Waals surface area (Å²) in [6, 6.07) is 7.50. The van der Waals surface area contributed by atoms with Crippen molar-refractivity contribution in [3.8, 4) is 0 Å². The number of aryl methyl sites for hydroxylation is 2. The van der Waals surface area contributed by atoms with Gasteiger partial charge in [0.25, 0.3) is 0 Å². The van der Waals surface area contributed by atoms with E-state index in [4.69, 9.17) is 0 Å². The Morgan fingerprint density at radius 3 is 2.48 bits per heavy atom. The van der Waals surface area contributed by atoms with Gasteiger partial charge >= 0.3 is 0 Å². The fourth-order valence-corrected chi connectivity index (χ4v) is 5.02. The molecule has 0 spiro atoms. The van der Waals surface area contributed by atoms with E-state index >= 15 is 0 Å². The summed E-state index contributed by atoms with van der Waals surface area (Å²) < 4.78 is 23.0. The third-order valence-electron chi connectivity index (χ3n) is 4.91. The summed E-state index contributed by atoms with van der Waals surface area (Å²) in [6.45, 7) is 2.19. The van der Waals surface area contributed by atoms with Crippen LogP contribution in [-0.2, 0) is 22.7 Å². The minimum atomic E-state index is -2.77. The average molecular weight is 307 g/mol. The average Bonchev–Trinajstić information content (AvgIpc) is 2.49. The maximum absolute atomic E-state index is 11.5. The van der Waals surface area contributed by atoms with Crippen LogP contribution in [0.4, 0.5) is 0 Å². The third-order valence-corrected chi connectivity index (χ3v) is 6.63. The van der Waals surface area contributed by atoms with Crippen molar-refractivity contribution in [3.05, 3.63) is 34.9 Å². The summed E-state index contributed by atoms with van der Waals surface area (Å²) in [5, 5.41) is 3.62. The zero-order chi connectivity index (χ0) is 14.9. The van der Waals surface area contributed by atoms with E-state index in [9.17, 15) is 8.42 Å². The number of rotatable bonds is 3. The van der Waals surface area contributed by atoms with Gasteiger partial charge in [-0.25, -0.2) is 8.42 Å². The lowest BCUT2D eigenvalue weighted by Gasteiger charge is -2.27. The maximum atomic E-state index is 11.5. The number of benzene rings is 1. The molecular formula is C17H25NO2S. The van der Waals surface area contributed by atoms with Crippen molar-refractivity contribution in [1.82, 2.24) is 5.32 Å². The van der Waals surface area contributed by atoms with Crippen LogP contribution in [-0.4, -0.2) is 26.0 Å². The van der Waals surface area contributed by atoms with Crippen molar-refractivity contribution >= 4 is 9.84 Å². The van der Waals surface area contributed by atoms with Crippen LogP contribution in [0.5, 0.6) is 0 Å². The number of hydrogen-bond donors (Lipinski definition) is 1. The van der Waals surface area contributed by atoms with E-state index in [1.807, 2.05) is 0 Å². The van der Waals surface area contributed by atoms with E-state index in [1.165, 1.54) is 42.4 Å². The zero-order valence-electron chi connectivity index (χ0n) is 12.8. The van der Waals surface area contributed by atoms with Crippen LogP contribution in [0, 0.1) is 0 Å². The van der Waals surface area contributed by atoms with Crippen molar-refractivity contribution < 1.29 is 8.42 Å². The Bertz CT molecular complexity index is 595. The van der Waals surface area contributed by atoms with E-state index in [0.717, 1.165) is 12.8 Å². The predicted molar refractivity (Wildman–Crippen MR) is 86.3 cm³/mol. The molecule has 1 aliphatic heterocycles. The van der Waals surface area contributed by atoms with Gasteiger partial charge in [-0.15, -0.1) is 0 Å². The highest BCUT2D eigenvalue weighted by Gasteiger charge is 2.24. The molecule has 1 aliphatic carbocycles. The Morgan fingerprint density at radius 2 is 1.76 bits per heavy atom. The standard InChI is InChI=1S/C17H25NO2S/c1-13(18-17-8-10-21(19,20)11-9-17)15-7-6-14-4-2-3-5-16(14)12-15/h6-7,12-13,17-18H,2-5,8-11H2,1H3. The molecule has 0 aromatic heterocycles. The first kappa shape index (κ1) is 15.0. The monoisotopic (exact) mass is 307 g/mol. The molecule has 1 N–H and O–H groups in total. The number of nitrogens with one attached hydrogen (secondary N) is 1. The van der Waals surface area contributed by atoms with Crippen molar-refractivity contribution in [2.75, 3.05) is 11.5 Å². The molecule has 1 atom stereocenters. The lowest BCUT2D eigenvalue weighted by atomic mass is 9.89. The van der Waals surface area contributed by atoms with Crippen LogP contribution in [0.1, 0.15) is 55.3 Å². The smallest absolute Gasteiger partial charge is 0.150 e. The Morgan fingerprint density at radius 1 is 1.10 bits per heavy atom. The van der Waals surface area contributed by atoms with Gasteiger partial charge in [-0.05, 0) is 62.1 Å². The van der Waals surface area contributed by atoms with Gasteiger partial charge in [0, 0.05) is 12.1 Å². The molecule has 0 radical (unpaired) electrons. The van der Waals surface area contributed by atoms with E-state index in [2.05, 4.69) is 30.4 Å². The fourth-order valence-electron chi connectivity index (χ4n) is 3.53. The lowest BCUT2D eigenvalue weighted by molar-refractivity contribution is 0.420.